The van der Waals surface area contributed by atoms with Crippen LogP contribution in [-0.2, 0) is 4.74 Å². The summed E-state index contributed by atoms with van der Waals surface area (Å²) in [6.45, 7) is 5.52. The number of carbonyl (C=O) groups excluding carboxylic acids is 1. The van der Waals surface area contributed by atoms with Crippen LogP contribution in [0.2, 0.25) is 0 Å². The summed E-state index contributed by atoms with van der Waals surface area (Å²) in [6, 6.07) is 7.14. The number of hydroxylamine groups is 1. The lowest BCUT2D eigenvalue weighted by Gasteiger charge is -2.24. The van der Waals surface area contributed by atoms with Gasteiger partial charge in [-0.25, -0.2) is 9.86 Å². The number of amides is 1. The van der Waals surface area contributed by atoms with Gasteiger partial charge in [0.05, 0.1) is 11.4 Å². The number of nitrogens with zero attached hydrogens (tertiary/aromatic N) is 2. The Balaban J connectivity index is 2.23. The Labute approximate surface area is 100 Å². The van der Waals surface area contributed by atoms with E-state index in [0.717, 1.165) is 5.06 Å². The molecule has 0 aromatic heterocycles. The Morgan fingerprint density at radius 3 is 2.47 bits per heavy atom. The zero-order valence-electron chi connectivity index (χ0n) is 10.2. The molecule has 92 valence electrons. The summed E-state index contributed by atoms with van der Waals surface area (Å²) in [5, 5.41) is 10.7. The van der Waals surface area contributed by atoms with E-state index in [-0.39, 0.29) is 6.67 Å². The molecule has 17 heavy (non-hydrogen) atoms. The molecule has 5 heteroatoms. The average molecular weight is 236 g/mol. The van der Waals surface area contributed by atoms with E-state index in [4.69, 9.17) is 4.74 Å². The van der Waals surface area contributed by atoms with Crippen LogP contribution in [0.5, 0.6) is 0 Å². The summed E-state index contributed by atoms with van der Waals surface area (Å²) in [6.07, 6.45) is -0.457. The van der Waals surface area contributed by atoms with Gasteiger partial charge in [-0.1, -0.05) is 12.1 Å². The fourth-order valence-corrected chi connectivity index (χ4v) is 1.67. The van der Waals surface area contributed by atoms with Crippen LogP contribution in [0.3, 0.4) is 0 Å². The summed E-state index contributed by atoms with van der Waals surface area (Å²) in [5.74, 6) is 0. The number of hydrogen-bond acceptors (Lipinski definition) is 4. The van der Waals surface area contributed by atoms with Gasteiger partial charge in [0.15, 0.2) is 0 Å². The average Bonchev–Trinajstić information content (AvgIpc) is 2.55. The summed E-state index contributed by atoms with van der Waals surface area (Å²) >= 11 is 0. The van der Waals surface area contributed by atoms with E-state index in [9.17, 15) is 10.0 Å². The Morgan fingerprint density at radius 1 is 1.29 bits per heavy atom. The fourth-order valence-electron chi connectivity index (χ4n) is 1.67. The monoisotopic (exact) mass is 236 g/mol. The quantitative estimate of drug-likeness (QED) is 0.752. The number of para-hydroxylation sites is 2. The lowest BCUT2D eigenvalue weighted by molar-refractivity contribution is 0.0575. The van der Waals surface area contributed by atoms with Gasteiger partial charge in [0.2, 0.25) is 0 Å². The lowest BCUT2D eigenvalue weighted by atomic mass is 10.2. The number of anilines is 2. The molecule has 1 heterocycles. The molecule has 5 nitrogen and oxygen atoms in total. The topological polar surface area (TPSA) is 53.0 Å². The first kappa shape index (κ1) is 11.7. The van der Waals surface area contributed by atoms with E-state index in [0.29, 0.717) is 11.4 Å². The van der Waals surface area contributed by atoms with Crippen molar-refractivity contribution in [2.24, 2.45) is 0 Å². The third-order valence-corrected chi connectivity index (χ3v) is 2.34. The number of ether oxygens (including phenoxy) is 1. The molecule has 0 atom stereocenters. The molecular formula is C12H16N2O3. The summed E-state index contributed by atoms with van der Waals surface area (Å²) in [5.41, 5.74) is 0.720. The highest BCUT2D eigenvalue weighted by atomic mass is 16.6. The van der Waals surface area contributed by atoms with E-state index in [2.05, 4.69) is 0 Å². The Kier molecular flexibility index (Phi) is 2.71. The minimum atomic E-state index is -0.547. The summed E-state index contributed by atoms with van der Waals surface area (Å²) < 4.78 is 5.28. The molecule has 1 N–H and O–H groups in total. The molecule has 0 bridgehead atoms. The van der Waals surface area contributed by atoms with Gasteiger partial charge in [0, 0.05) is 0 Å². The van der Waals surface area contributed by atoms with Gasteiger partial charge in [-0.05, 0) is 32.9 Å². The SMILES string of the molecule is CC(C)(C)OC(=O)N1CN(O)c2ccccc21. The van der Waals surface area contributed by atoms with Crippen molar-refractivity contribution in [3.63, 3.8) is 0 Å². The minimum Gasteiger partial charge on any atom is -0.443 e. The van der Waals surface area contributed by atoms with Gasteiger partial charge in [-0.3, -0.25) is 10.1 Å². The highest BCUT2D eigenvalue weighted by molar-refractivity contribution is 5.95. The highest BCUT2D eigenvalue weighted by Gasteiger charge is 2.32. The zero-order valence-corrected chi connectivity index (χ0v) is 10.2. The van der Waals surface area contributed by atoms with Crippen molar-refractivity contribution in [2.45, 2.75) is 26.4 Å². The van der Waals surface area contributed by atoms with Gasteiger partial charge in [0.1, 0.15) is 12.3 Å². The van der Waals surface area contributed by atoms with Crippen LogP contribution in [-0.4, -0.2) is 23.6 Å². The molecule has 1 aliphatic rings. The highest BCUT2D eigenvalue weighted by Crippen LogP contribution is 2.35. The van der Waals surface area contributed by atoms with Crippen LogP contribution in [0.25, 0.3) is 0 Å². The number of benzene rings is 1. The van der Waals surface area contributed by atoms with E-state index in [1.165, 1.54) is 4.90 Å². The van der Waals surface area contributed by atoms with Crippen LogP contribution in [0.15, 0.2) is 24.3 Å². The summed E-state index contributed by atoms with van der Waals surface area (Å²) in [4.78, 5) is 13.3. The smallest absolute Gasteiger partial charge is 0.416 e. The number of fused-ring (bicyclic) bond motifs is 1. The summed E-state index contributed by atoms with van der Waals surface area (Å²) in [7, 11) is 0. The van der Waals surface area contributed by atoms with Gasteiger partial charge in [-0.2, -0.15) is 0 Å². The Hall–Kier alpha value is -1.75. The first-order valence-electron chi connectivity index (χ1n) is 5.44. The molecule has 0 aliphatic carbocycles. The van der Waals surface area contributed by atoms with Crippen molar-refractivity contribution < 1.29 is 14.7 Å². The predicted molar refractivity (Wildman–Crippen MR) is 64.3 cm³/mol. The molecule has 1 aromatic rings. The second-order valence-electron chi connectivity index (χ2n) is 4.94. The Morgan fingerprint density at radius 2 is 1.88 bits per heavy atom. The number of hydrogen-bond donors (Lipinski definition) is 1. The molecule has 0 saturated heterocycles. The normalized spacial score (nSPS) is 14.8. The maximum Gasteiger partial charge on any atom is 0.416 e. The van der Waals surface area contributed by atoms with Gasteiger partial charge in [0.25, 0.3) is 0 Å². The second kappa shape index (κ2) is 3.92. The number of carbonyl (C=O) groups is 1. The van der Waals surface area contributed by atoms with E-state index in [1.54, 1.807) is 18.2 Å². The third kappa shape index (κ3) is 2.34. The lowest BCUT2D eigenvalue weighted by Crippen LogP contribution is -2.38. The van der Waals surface area contributed by atoms with Gasteiger partial charge in [-0.15, -0.1) is 0 Å². The molecule has 1 aliphatic heterocycles. The number of rotatable bonds is 0. The van der Waals surface area contributed by atoms with Crippen LogP contribution < -0.4 is 9.96 Å². The van der Waals surface area contributed by atoms with Gasteiger partial charge >= 0.3 is 6.09 Å². The van der Waals surface area contributed by atoms with E-state index < -0.39 is 11.7 Å². The van der Waals surface area contributed by atoms with Crippen LogP contribution in [0.4, 0.5) is 16.2 Å². The van der Waals surface area contributed by atoms with Crippen molar-refractivity contribution in [3.05, 3.63) is 24.3 Å². The van der Waals surface area contributed by atoms with Crippen molar-refractivity contribution in [2.75, 3.05) is 16.6 Å². The first-order valence-corrected chi connectivity index (χ1v) is 5.44. The minimum absolute atomic E-state index is 0.0915. The first-order chi connectivity index (χ1) is 7.88. The van der Waals surface area contributed by atoms with Crippen LogP contribution in [0.1, 0.15) is 20.8 Å². The van der Waals surface area contributed by atoms with E-state index >= 15 is 0 Å². The largest absolute Gasteiger partial charge is 0.443 e. The molecule has 0 radical (unpaired) electrons. The Bertz CT molecular complexity index is 440. The maximum absolute atomic E-state index is 11.9. The molecule has 1 aromatic carbocycles. The van der Waals surface area contributed by atoms with E-state index in [1.807, 2.05) is 26.8 Å². The molecule has 0 fully saturated rings. The van der Waals surface area contributed by atoms with Crippen LogP contribution >= 0.6 is 0 Å². The second-order valence-corrected chi connectivity index (χ2v) is 4.94. The standard InChI is InChI=1S/C12H16N2O3/c1-12(2,3)17-11(15)13-8-14(16)10-7-5-4-6-9(10)13/h4-7,16H,8H2,1-3H3. The fraction of sp³-hybridized carbons (Fsp3) is 0.417. The van der Waals surface area contributed by atoms with Crippen molar-refractivity contribution in [3.8, 4) is 0 Å². The van der Waals surface area contributed by atoms with Crippen molar-refractivity contribution >= 4 is 17.5 Å². The maximum atomic E-state index is 11.9. The molecular weight excluding hydrogens is 220 g/mol. The molecule has 0 unspecified atom stereocenters. The molecule has 0 saturated carbocycles. The zero-order chi connectivity index (χ0) is 12.6. The van der Waals surface area contributed by atoms with Crippen molar-refractivity contribution in [1.29, 1.82) is 0 Å². The molecule has 1 amide bonds. The molecule has 0 spiro atoms. The third-order valence-electron chi connectivity index (χ3n) is 2.34. The van der Waals surface area contributed by atoms with Crippen molar-refractivity contribution in [1.82, 2.24) is 0 Å². The van der Waals surface area contributed by atoms with Gasteiger partial charge < -0.3 is 4.74 Å². The van der Waals surface area contributed by atoms with Crippen LogP contribution in [0, 0.1) is 0 Å². The predicted octanol–water partition coefficient (Wildman–Crippen LogP) is 2.59. The molecule has 2 rings (SSSR count).